The van der Waals surface area contributed by atoms with Crippen molar-refractivity contribution >= 4 is 5.69 Å². The molecule has 0 amide bonds. The molecule has 2 radical (unpaired) electrons. The van der Waals surface area contributed by atoms with Gasteiger partial charge >= 0.3 is 0 Å². The zero-order chi connectivity index (χ0) is 8.27. The van der Waals surface area contributed by atoms with Gasteiger partial charge in [0.15, 0.2) is 0 Å². The van der Waals surface area contributed by atoms with E-state index in [0.29, 0.717) is 12.0 Å². The average Bonchev–Trinajstić information content (AvgIpc) is 2.04. The molecule has 6 heteroatoms. The van der Waals surface area contributed by atoms with E-state index in [1.807, 2.05) is 0 Å². The third-order valence-corrected chi connectivity index (χ3v) is 1.46. The number of hydrogen-bond acceptors (Lipinski definition) is 2. The van der Waals surface area contributed by atoms with E-state index in [2.05, 4.69) is 6.92 Å². The first-order chi connectivity index (χ1) is 5.25. The second-order valence-electron chi connectivity index (χ2n) is 2.14. The molecule has 0 unspecified atom stereocenters. The van der Waals surface area contributed by atoms with Gasteiger partial charge in [0.2, 0.25) is 0 Å². The van der Waals surface area contributed by atoms with Gasteiger partial charge in [-0.2, -0.15) is 0 Å². The molecular weight excluding hydrogens is 298 g/mol. The standard InChI is InChI=1S/C8H8NO2.H2O.V.Y/c1-2-7-5-3-4-6-8(7)9(10)11;;;/h3-6H,1-2H2;1H2;;/q-1;;;. The van der Waals surface area contributed by atoms with Crippen LogP contribution in [0.5, 0.6) is 0 Å². The Morgan fingerprint density at radius 1 is 1.36 bits per heavy atom. The summed E-state index contributed by atoms with van der Waals surface area (Å²) in [5.41, 5.74) is 0.833. The molecule has 0 heterocycles. The van der Waals surface area contributed by atoms with E-state index in [0.717, 1.165) is 0 Å². The molecule has 0 aliphatic rings. The summed E-state index contributed by atoms with van der Waals surface area (Å²) in [6.07, 6.45) is 0.456. The van der Waals surface area contributed by atoms with Gasteiger partial charge in [-0.1, -0.05) is 18.2 Å². The van der Waals surface area contributed by atoms with Gasteiger partial charge in [0.05, 0.1) is 4.92 Å². The predicted molar refractivity (Wildman–Crippen MR) is 45.8 cm³/mol. The smallest absolute Gasteiger partial charge is 0.269 e. The SMILES string of the molecule is O.[CH2-]Cc1ccccc1[N+](=O)[O-].[V].[Y]. The Hall–Kier alpha value is 0.268. The van der Waals surface area contributed by atoms with Gasteiger partial charge in [-0.05, 0) is 0 Å². The summed E-state index contributed by atoms with van der Waals surface area (Å²) < 4.78 is 0. The van der Waals surface area contributed by atoms with E-state index in [9.17, 15) is 10.1 Å². The van der Waals surface area contributed by atoms with Crippen LogP contribution in [0.2, 0.25) is 0 Å². The van der Waals surface area contributed by atoms with Crippen molar-refractivity contribution in [2.45, 2.75) is 6.42 Å². The van der Waals surface area contributed by atoms with Crippen molar-refractivity contribution in [2.24, 2.45) is 0 Å². The monoisotopic (exact) mass is 308 g/mol. The first-order valence-corrected chi connectivity index (χ1v) is 3.27. The van der Waals surface area contributed by atoms with Crippen molar-refractivity contribution < 1.29 is 61.7 Å². The molecule has 0 spiro atoms. The molecule has 0 bridgehead atoms. The molecule has 0 saturated carbocycles. The Morgan fingerprint density at radius 2 is 1.86 bits per heavy atom. The summed E-state index contributed by atoms with van der Waals surface area (Å²) in [4.78, 5) is 9.97. The molecule has 4 nitrogen and oxygen atoms in total. The fourth-order valence-corrected chi connectivity index (χ4v) is 0.900. The molecule has 74 valence electrons. The van der Waals surface area contributed by atoms with Crippen molar-refractivity contribution in [1.82, 2.24) is 0 Å². The van der Waals surface area contributed by atoms with Crippen LogP contribution in [0.1, 0.15) is 5.56 Å². The molecule has 2 N–H and O–H groups in total. The number of nitro groups is 1. The normalized spacial score (nSPS) is 7.50. The fourth-order valence-electron chi connectivity index (χ4n) is 0.900. The van der Waals surface area contributed by atoms with Gasteiger partial charge in [0.25, 0.3) is 5.69 Å². The van der Waals surface area contributed by atoms with Crippen LogP contribution >= 0.6 is 0 Å². The topological polar surface area (TPSA) is 74.6 Å². The number of nitrogens with zero attached hydrogens (tertiary/aromatic N) is 1. The van der Waals surface area contributed by atoms with Crippen LogP contribution in [-0.2, 0) is 57.7 Å². The first-order valence-electron chi connectivity index (χ1n) is 3.27. The molecular formula is C8H10NO3VY-. The summed E-state index contributed by atoms with van der Waals surface area (Å²) in [6.45, 7) is 3.59. The van der Waals surface area contributed by atoms with E-state index >= 15 is 0 Å². The zero-order valence-corrected chi connectivity index (χ0v) is 11.7. The summed E-state index contributed by atoms with van der Waals surface area (Å²) in [7, 11) is 0. The Labute approximate surface area is 120 Å². The summed E-state index contributed by atoms with van der Waals surface area (Å²) in [5, 5.41) is 10.4. The molecule has 0 aliphatic heterocycles. The molecule has 0 atom stereocenters. The minimum absolute atomic E-state index is 0. The Kier molecular flexibility index (Phi) is 13.9. The Balaban J connectivity index is -0.000000403. The molecule has 0 saturated heterocycles. The second kappa shape index (κ2) is 9.81. The Morgan fingerprint density at radius 3 is 2.21 bits per heavy atom. The van der Waals surface area contributed by atoms with Gasteiger partial charge < -0.3 is 12.4 Å². The van der Waals surface area contributed by atoms with Crippen molar-refractivity contribution in [2.75, 3.05) is 0 Å². The molecule has 1 aromatic carbocycles. The summed E-state index contributed by atoms with van der Waals surface area (Å²) >= 11 is 0. The molecule has 14 heavy (non-hydrogen) atoms. The van der Waals surface area contributed by atoms with Gasteiger partial charge in [-0.15, -0.1) is 6.42 Å². The van der Waals surface area contributed by atoms with Crippen LogP contribution in [0.15, 0.2) is 24.3 Å². The van der Waals surface area contributed by atoms with E-state index in [4.69, 9.17) is 0 Å². The fraction of sp³-hybridized carbons (Fsp3) is 0.125. The van der Waals surface area contributed by atoms with Crippen molar-refractivity contribution in [1.29, 1.82) is 0 Å². The van der Waals surface area contributed by atoms with E-state index in [1.165, 1.54) is 6.07 Å². The number of nitro benzene ring substituents is 1. The van der Waals surface area contributed by atoms with Crippen LogP contribution in [0.25, 0.3) is 0 Å². The third kappa shape index (κ3) is 5.22. The van der Waals surface area contributed by atoms with Crippen LogP contribution in [0, 0.1) is 17.0 Å². The minimum atomic E-state index is -0.388. The van der Waals surface area contributed by atoms with E-state index < -0.39 is 0 Å². The minimum Gasteiger partial charge on any atom is -0.412 e. The largest absolute Gasteiger partial charge is 0.412 e. The predicted octanol–water partition coefficient (Wildman–Crippen LogP) is 1.14. The Bertz CT molecular complexity index is 283. The zero-order valence-electron chi connectivity index (χ0n) is 7.51. The van der Waals surface area contributed by atoms with Crippen LogP contribution in [0.3, 0.4) is 0 Å². The third-order valence-electron chi connectivity index (χ3n) is 1.46. The number of rotatable bonds is 2. The van der Waals surface area contributed by atoms with Gasteiger partial charge in [0.1, 0.15) is 0 Å². The van der Waals surface area contributed by atoms with Gasteiger partial charge in [-0.25, -0.2) is 0 Å². The number of hydrogen-bond donors (Lipinski definition) is 0. The number of para-hydroxylation sites is 1. The molecule has 1 aromatic rings. The molecule has 1 rings (SSSR count). The average molecular weight is 308 g/mol. The quantitative estimate of drug-likeness (QED) is 0.467. The maximum atomic E-state index is 10.4. The second-order valence-corrected chi connectivity index (χ2v) is 2.14. The molecule has 0 aromatic heterocycles. The van der Waals surface area contributed by atoms with E-state index in [1.54, 1.807) is 18.2 Å². The summed E-state index contributed by atoms with van der Waals surface area (Å²) in [6, 6.07) is 6.62. The van der Waals surface area contributed by atoms with Crippen LogP contribution < -0.4 is 0 Å². The van der Waals surface area contributed by atoms with Crippen LogP contribution in [0.4, 0.5) is 5.69 Å². The van der Waals surface area contributed by atoms with Crippen molar-refractivity contribution in [3.8, 4) is 0 Å². The van der Waals surface area contributed by atoms with Crippen molar-refractivity contribution in [3.05, 3.63) is 46.9 Å². The van der Waals surface area contributed by atoms with Gasteiger partial charge in [0, 0.05) is 62.9 Å². The first kappa shape index (κ1) is 19.8. The van der Waals surface area contributed by atoms with E-state index in [-0.39, 0.29) is 67.4 Å². The molecule has 0 aliphatic carbocycles. The maximum absolute atomic E-state index is 10.4. The molecule has 0 fully saturated rings. The van der Waals surface area contributed by atoms with Crippen molar-refractivity contribution in [3.63, 3.8) is 0 Å². The maximum Gasteiger partial charge on any atom is 0.269 e. The number of benzene rings is 1. The van der Waals surface area contributed by atoms with Gasteiger partial charge in [-0.3, -0.25) is 10.1 Å². The van der Waals surface area contributed by atoms with Crippen LogP contribution in [-0.4, -0.2) is 10.4 Å². The summed E-state index contributed by atoms with van der Waals surface area (Å²) in [5.74, 6) is 0.